The van der Waals surface area contributed by atoms with E-state index in [0.29, 0.717) is 24.5 Å². The Balaban J connectivity index is 1.74. The summed E-state index contributed by atoms with van der Waals surface area (Å²) < 4.78 is 5.39. The second-order valence-corrected chi connectivity index (χ2v) is 7.29. The van der Waals surface area contributed by atoms with E-state index >= 15 is 0 Å². The van der Waals surface area contributed by atoms with E-state index in [0.717, 1.165) is 34.7 Å². The lowest BCUT2D eigenvalue weighted by atomic mass is 10.1. The molecule has 0 radical (unpaired) electrons. The number of carbonyl (C=O) groups is 1. The second-order valence-electron chi connectivity index (χ2n) is 6.34. The predicted molar refractivity (Wildman–Crippen MR) is 112 cm³/mol. The van der Waals surface area contributed by atoms with Gasteiger partial charge in [-0.2, -0.15) is 0 Å². The summed E-state index contributed by atoms with van der Waals surface area (Å²) >= 11 is 1.43. The molecule has 3 rings (SSSR count). The Morgan fingerprint density at radius 3 is 2.68 bits per heavy atom. The number of ether oxygens (including phenoxy) is 1. The zero-order valence-electron chi connectivity index (χ0n) is 16.2. The van der Waals surface area contributed by atoms with Crippen molar-refractivity contribution in [2.24, 2.45) is 0 Å². The first-order valence-corrected chi connectivity index (χ1v) is 10.2. The molecule has 0 unspecified atom stereocenters. The Bertz CT molecular complexity index is 898. The normalized spacial score (nSPS) is 10.6. The standard InChI is InChI=1S/C21H24N4O2S/c1-3-4-15-25(19(26)10-9-16-7-5-6-8-18(16)27-2)21-24-23-20(28-21)17-11-13-22-14-12-17/h5-8,11-14H,3-4,9-10,15H2,1-2H3. The van der Waals surface area contributed by atoms with Gasteiger partial charge < -0.3 is 4.74 Å². The van der Waals surface area contributed by atoms with E-state index in [1.54, 1.807) is 24.4 Å². The summed E-state index contributed by atoms with van der Waals surface area (Å²) in [6, 6.07) is 11.6. The summed E-state index contributed by atoms with van der Waals surface area (Å²) in [5.41, 5.74) is 1.99. The van der Waals surface area contributed by atoms with E-state index in [4.69, 9.17) is 4.74 Å². The van der Waals surface area contributed by atoms with Gasteiger partial charge in [0.2, 0.25) is 11.0 Å². The highest BCUT2D eigenvalue weighted by Gasteiger charge is 2.20. The van der Waals surface area contributed by atoms with Crippen LogP contribution in [0.3, 0.4) is 0 Å². The van der Waals surface area contributed by atoms with Crippen LogP contribution in [-0.4, -0.2) is 34.7 Å². The van der Waals surface area contributed by atoms with Gasteiger partial charge >= 0.3 is 0 Å². The molecule has 0 N–H and O–H groups in total. The van der Waals surface area contributed by atoms with Crippen molar-refractivity contribution in [3.63, 3.8) is 0 Å². The number of methoxy groups -OCH3 is 1. The largest absolute Gasteiger partial charge is 0.496 e. The quantitative estimate of drug-likeness (QED) is 0.537. The molecule has 0 atom stereocenters. The number of carbonyl (C=O) groups excluding carboxylic acids is 1. The number of hydrogen-bond acceptors (Lipinski definition) is 6. The lowest BCUT2D eigenvalue weighted by molar-refractivity contribution is -0.118. The SMILES string of the molecule is CCCCN(C(=O)CCc1ccccc1OC)c1nnc(-c2ccncc2)s1. The number of hydrogen-bond donors (Lipinski definition) is 0. The molecule has 2 heterocycles. The van der Waals surface area contributed by atoms with Crippen LogP contribution in [0.4, 0.5) is 5.13 Å². The summed E-state index contributed by atoms with van der Waals surface area (Å²) in [5.74, 6) is 0.864. The number of pyridine rings is 1. The van der Waals surface area contributed by atoms with Gasteiger partial charge in [0.05, 0.1) is 7.11 Å². The summed E-state index contributed by atoms with van der Waals surface area (Å²) in [6.07, 6.45) is 6.40. The van der Waals surface area contributed by atoms with E-state index in [2.05, 4.69) is 22.1 Å². The van der Waals surface area contributed by atoms with Crippen LogP contribution >= 0.6 is 11.3 Å². The molecule has 0 spiro atoms. The number of anilines is 1. The van der Waals surface area contributed by atoms with Crippen LogP contribution in [0.2, 0.25) is 0 Å². The van der Waals surface area contributed by atoms with Crippen molar-refractivity contribution in [2.45, 2.75) is 32.6 Å². The molecule has 0 aliphatic carbocycles. The molecule has 2 aromatic heterocycles. The zero-order valence-corrected chi connectivity index (χ0v) is 17.0. The van der Waals surface area contributed by atoms with E-state index < -0.39 is 0 Å². The van der Waals surface area contributed by atoms with Gasteiger partial charge in [-0.05, 0) is 36.6 Å². The lowest BCUT2D eigenvalue weighted by Gasteiger charge is -2.19. The third kappa shape index (κ3) is 4.92. The monoisotopic (exact) mass is 396 g/mol. The van der Waals surface area contributed by atoms with Crippen LogP contribution in [0.25, 0.3) is 10.6 Å². The number of para-hydroxylation sites is 1. The Morgan fingerprint density at radius 2 is 1.93 bits per heavy atom. The maximum atomic E-state index is 13.0. The fourth-order valence-electron chi connectivity index (χ4n) is 2.87. The summed E-state index contributed by atoms with van der Waals surface area (Å²) in [5, 5.41) is 9.99. The first kappa shape index (κ1) is 19.9. The van der Waals surface area contributed by atoms with E-state index in [1.165, 1.54) is 11.3 Å². The average molecular weight is 397 g/mol. The highest BCUT2D eigenvalue weighted by Crippen LogP contribution is 2.29. The number of aromatic nitrogens is 3. The molecule has 3 aromatic rings. The molecule has 1 amide bonds. The average Bonchev–Trinajstić information content (AvgIpc) is 3.23. The minimum absolute atomic E-state index is 0.0526. The number of nitrogens with zero attached hydrogens (tertiary/aromatic N) is 4. The number of benzene rings is 1. The van der Waals surface area contributed by atoms with Crippen molar-refractivity contribution < 1.29 is 9.53 Å². The minimum atomic E-state index is 0.0526. The van der Waals surface area contributed by atoms with Crippen molar-refractivity contribution in [2.75, 3.05) is 18.6 Å². The molecular formula is C21H24N4O2S. The van der Waals surface area contributed by atoms with Gasteiger partial charge in [0.15, 0.2) is 0 Å². The topological polar surface area (TPSA) is 68.2 Å². The molecule has 28 heavy (non-hydrogen) atoms. The number of unbranched alkanes of at least 4 members (excludes halogenated alkanes) is 1. The number of rotatable bonds is 9. The van der Waals surface area contributed by atoms with Gasteiger partial charge in [0, 0.05) is 30.9 Å². The van der Waals surface area contributed by atoms with E-state index in [-0.39, 0.29) is 5.91 Å². The smallest absolute Gasteiger partial charge is 0.229 e. The molecule has 0 aliphatic rings. The Labute approximate surface area is 169 Å². The summed E-state index contributed by atoms with van der Waals surface area (Å²) in [6.45, 7) is 2.76. The molecular weight excluding hydrogens is 372 g/mol. The van der Waals surface area contributed by atoms with Crippen LogP contribution < -0.4 is 9.64 Å². The van der Waals surface area contributed by atoms with Crippen LogP contribution in [0.15, 0.2) is 48.8 Å². The fourth-order valence-corrected chi connectivity index (χ4v) is 3.76. The number of amides is 1. The lowest BCUT2D eigenvalue weighted by Crippen LogP contribution is -2.32. The maximum absolute atomic E-state index is 13.0. The minimum Gasteiger partial charge on any atom is -0.496 e. The Morgan fingerprint density at radius 1 is 1.14 bits per heavy atom. The summed E-state index contributed by atoms with van der Waals surface area (Å²) in [7, 11) is 1.65. The van der Waals surface area contributed by atoms with Crippen LogP contribution in [-0.2, 0) is 11.2 Å². The molecule has 0 saturated carbocycles. The molecule has 6 nitrogen and oxygen atoms in total. The van der Waals surface area contributed by atoms with E-state index in [9.17, 15) is 4.79 Å². The molecule has 0 aliphatic heterocycles. The van der Waals surface area contributed by atoms with Crippen LogP contribution in [0.5, 0.6) is 5.75 Å². The molecule has 7 heteroatoms. The predicted octanol–water partition coefficient (Wildman–Crippen LogP) is 4.37. The fraction of sp³-hybridized carbons (Fsp3) is 0.333. The second kappa shape index (κ2) is 9.94. The Hall–Kier alpha value is -2.80. The van der Waals surface area contributed by atoms with Gasteiger partial charge in [-0.1, -0.05) is 42.9 Å². The number of aryl methyl sites for hydroxylation is 1. The van der Waals surface area contributed by atoms with Crippen LogP contribution in [0, 0.1) is 0 Å². The highest BCUT2D eigenvalue weighted by atomic mass is 32.1. The van der Waals surface area contributed by atoms with Gasteiger partial charge in [-0.15, -0.1) is 10.2 Å². The first-order chi connectivity index (χ1) is 13.7. The molecule has 1 aromatic carbocycles. The third-order valence-corrected chi connectivity index (χ3v) is 5.40. The Kier molecular flexibility index (Phi) is 7.08. The van der Waals surface area contributed by atoms with Gasteiger partial charge in [-0.25, -0.2) is 0 Å². The van der Waals surface area contributed by atoms with Gasteiger partial charge in [0.1, 0.15) is 10.8 Å². The van der Waals surface area contributed by atoms with E-state index in [1.807, 2.05) is 36.4 Å². The van der Waals surface area contributed by atoms with Crippen LogP contribution in [0.1, 0.15) is 31.7 Å². The molecule has 0 bridgehead atoms. The van der Waals surface area contributed by atoms with Crippen molar-refractivity contribution >= 4 is 22.4 Å². The van der Waals surface area contributed by atoms with Gasteiger partial charge in [0.25, 0.3) is 0 Å². The van der Waals surface area contributed by atoms with Crippen molar-refractivity contribution in [1.82, 2.24) is 15.2 Å². The van der Waals surface area contributed by atoms with Crippen molar-refractivity contribution in [1.29, 1.82) is 0 Å². The highest BCUT2D eigenvalue weighted by molar-refractivity contribution is 7.18. The van der Waals surface area contributed by atoms with Crippen molar-refractivity contribution in [3.05, 3.63) is 54.4 Å². The van der Waals surface area contributed by atoms with Gasteiger partial charge in [-0.3, -0.25) is 14.7 Å². The van der Waals surface area contributed by atoms with Crippen molar-refractivity contribution in [3.8, 4) is 16.3 Å². The zero-order chi connectivity index (χ0) is 19.8. The molecule has 0 saturated heterocycles. The third-order valence-electron chi connectivity index (χ3n) is 4.41. The summed E-state index contributed by atoms with van der Waals surface area (Å²) in [4.78, 5) is 18.8. The first-order valence-electron chi connectivity index (χ1n) is 9.39. The maximum Gasteiger partial charge on any atom is 0.229 e. The molecule has 146 valence electrons. The molecule has 0 fully saturated rings.